The van der Waals surface area contributed by atoms with Crippen LogP contribution in [0.15, 0.2) is 65.7 Å². The average Bonchev–Trinajstić information content (AvgIpc) is 2.80. The monoisotopic (exact) mass is 388 g/mol. The fourth-order valence-electron chi connectivity index (χ4n) is 4.08. The lowest BCUT2D eigenvalue weighted by Gasteiger charge is -2.31. The number of carbonyl (C=O) groups excluding carboxylic acids is 1. The molecule has 2 aliphatic heterocycles. The molecule has 4 rings (SSSR count). The van der Waals surface area contributed by atoms with Crippen molar-refractivity contribution in [3.05, 3.63) is 77.4 Å². The molecule has 5 nitrogen and oxygen atoms in total. The summed E-state index contributed by atoms with van der Waals surface area (Å²) in [5.41, 5.74) is 5.27. The molecule has 2 aromatic carbocycles. The molecule has 0 atom stereocenters. The SMILES string of the molecule is CN=C(NCC(=O)N1CCc2ccccc2C1)N1CC=C(c2ccccc2)CC1. The van der Waals surface area contributed by atoms with Crippen molar-refractivity contribution in [3.8, 4) is 0 Å². The number of guanidine groups is 1. The number of hydrogen-bond donors (Lipinski definition) is 1. The number of fused-ring (bicyclic) bond motifs is 1. The van der Waals surface area contributed by atoms with Crippen molar-refractivity contribution in [1.29, 1.82) is 0 Å². The summed E-state index contributed by atoms with van der Waals surface area (Å²) in [6, 6.07) is 18.9. The third-order valence-electron chi connectivity index (χ3n) is 5.75. The summed E-state index contributed by atoms with van der Waals surface area (Å²) in [7, 11) is 1.78. The van der Waals surface area contributed by atoms with Crippen molar-refractivity contribution in [2.24, 2.45) is 4.99 Å². The Morgan fingerprint density at radius 1 is 0.966 bits per heavy atom. The number of amides is 1. The minimum Gasteiger partial charge on any atom is -0.347 e. The zero-order valence-electron chi connectivity index (χ0n) is 17.0. The van der Waals surface area contributed by atoms with E-state index in [1.807, 2.05) is 17.0 Å². The molecule has 2 heterocycles. The number of rotatable bonds is 3. The fourth-order valence-corrected chi connectivity index (χ4v) is 4.08. The Balaban J connectivity index is 1.31. The lowest BCUT2D eigenvalue weighted by Crippen LogP contribution is -2.48. The minimum absolute atomic E-state index is 0.123. The summed E-state index contributed by atoms with van der Waals surface area (Å²) in [6.45, 7) is 3.45. The van der Waals surface area contributed by atoms with E-state index in [0.29, 0.717) is 6.54 Å². The van der Waals surface area contributed by atoms with Gasteiger partial charge in [0, 0.05) is 33.2 Å². The van der Waals surface area contributed by atoms with Gasteiger partial charge in [-0.15, -0.1) is 0 Å². The maximum absolute atomic E-state index is 12.7. The second kappa shape index (κ2) is 8.95. The van der Waals surface area contributed by atoms with Gasteiger partial charge in [-0.2, -0.15) is 0 Å². The van der Waals surface area contributed by atoms with E-state index in [-0.39, 0.29) is 12.5 Å². The van der Waals surface area contributed by atoms with Gasteiger partial charge in [-0.3, -0.25) is 9.79 Å². The Bertz CT molecular complexity index is 919. The molecule has 1 amide bonds. The fraction of sp³-hybridized carbons (Fsp3) is 0.333. The van der Waals surface area contributed by atoms with Gasteiger partial charge in [0.1, 0.15) is 0 Å². The second-order valence-corrected chi connectivity index (χ2v) is 7.53. The zero-order valence-corrected chi connectivity index (χ0v) is 17.0. The maximum atomic E-state index is 12.7. The summed E-state index contributed by atoms with van der Waals surface area (Å²) >= 11 is 0. The first-order valence-corrected chi connectivity index (χ1v) is 10.3. The average molecular weight is 389 g/mol. The molecule has 0 saturated heterocycles. The van der Waals surface area contributed by atoms with Crippen LogP contribution < -0.4 is 5.32 Å². The van der Waals surface area contributed by atoms with Crippen LogP contribution in [0.4, 0.5) is 0 Å². The molecule has 2 aromatic rings. The molecule has 150 valence electrons. The van der Waals surface area contributed by atoms with Crippen LogP contribution in [0.1, 0.15) is 23.1 Å². The van der Waals surface area contributed by atoms with Crippen molar-refractivity contribution in [1.82, 2.24) is 15.1 Å². The van der Waals surface area contributed by atoms with Gasteiger partial charge in [-0.25, -0.2) is 0 Å². The first-order valence-electron chi connectivity index (χ1n) is 10.3. The summed E-state index contributed by atoms with van der Waals surface area (Å²) in [6.07, 6.45) is 4.16. The number of carbonyl (C=O) groups is 1. The smallest absolute Gasteiger partial charge is 0.242 e. The van der Waals surface area contributed by atoms with E-state index in [2.05, 4.69) is 63.7 Å². The molecule has 0 radical (unpaired) electrons. The van der Waals surface area contributed by atoms with Gasteiger partial charge < -0.3 is 15.1 Å². The van der Waals surface area contributed by atoms with Crippen LogP contribution in [0.2, 0.25) is 0 Å². The van der Waals surface area contributed by atoms with Gasteiger partial charge in [0.15, 0.2) is 5.96 Å². The van der Waals surface area contributed by atoms with Gasteiger partial charge in [-0.05, 0) is 35.1 Å². The summed E-state index contributed by atoms with van der Waals surface area (Å²) < 4.78 is 0. The topological polar surface area (TPSA) is 47.9 Å². The predicted molar refractivity (Wildman–Crippen MR) is 118 cm³/mol. The van der Waals surface area contributed by atoms with Crippen molar-refractivity contribution in [2.45, 2.75) is 19.4 Å². The van der Waals surface area contributed by atoms with E-state index in [0.717, 1.165) is 38.4 Å². The molecule has 0 unspecified atom stereocenters. The van der Waals surface area contributed by atoms with Crippen LogP contribution in [0.25, 0.3) is 5.57 Å². The number of nitrogens with zero attached hydrogens (tertiary/aromatic N) is 3. The number of aliphatic imine (C=N–C) groups is 1. The van der Waals surface area contributed by atoms with Crippen LogP contribution in [-0.4, -0.2) is 54.9 Å². The Kier molecular flexibility index (Phi) is 5.94. The van der Waals surface area contributed by atoms with Crippen LogP contribution in [0.5, 0.6) is 0 Å². The van der Waals surface area contributed by atoms with Crippen molar-refractivity contribution >= 4 is 17.4 Å². The zero-order chi connectivity index (χ0) is 20.1. The Morgan fingerprint density at radius 2 is 1.69 bits per heavy atom. The van der Waals surface area contributed by atoms with Gasteiger partial charge >= 0.3 is 0 Å². The van der Waals surface area contributed by atoms with E-state index in [1.54, 1.807) is 7.05 Å². The normalized spacial score (nSPS) is 16.9. The molecule has 0 saturated carbocycles. The van der Waals surface area contributed by atoms with Crippen molar-refractivity contribution in [2.75, 3.05) is 33.2 Å². The highest BCUT2D eigenvalue weighted by Gasteiger charge is 2.22. The van der Waals surface area contributed by atoms with E-state index in [1.165, 1.54) is 22.3 Å². The van der Waals surface area contributed by atoms with Crippen molar-refractivity contribution < 1.29 is 4.79 Å². The minimum atomic E-state index is 0.123. The van der Waals surface area contributed by atoms with Crippen LogP contribution in [0.3, 0.4) is 0 Å². The van der Waals surface area contributed by atoms with E-state index >= 15 is 0 Å². The largest absolute Gasteiger partial charge is 0.347 e. The maximum Gasteiger partial charge on any atom is 0.242 e. The van der Waals surface area contributed by atoms with E-state index in [9.17, 15) is 4.79 Å². The molecule has 0 fully saturated rings. The quantitative estimate of drug-likeness (QED) is 0.650. The van der Waals surface area contributed by atoms with Crippen LogP contribution in [0, 0.1) is 0 Å². The molecular formula is C24H28N4O. The molecule has 1 N–H and O–H groups in total. The molecule has 29 heavy (non-hydrogen) atoms. The highest BCUT2D eigenvalue weighted by Crippen LogP contribution is 2.22. The predicted octanol–water partition coefficient (Wildman–Crippen LogP) is 2.94. The Morgan fingerprint density at radius 3 is 2.41 bits per heavy atom. The molecule has 0 aromatic heterocycles. The molecular weight excluding hydrogens is 360 g/mol. The van der Waals surface area contributed by atoms with E-state index in [4.69, 9.17) is 0 Å². The molecule has 0 spiro atoms. The van der Waals surface area contributed by atoms with Gasteiger partial charge in [0.25, 0.3) is 0 Å². The number of benzene rings is 2. The Labute approximate surface area is 172 Å². The van der Waals surface area contributed by atoms with E-state index < -0.39 is 0 Å². The van der Waals surface area contributed by atoms with Crippen LogP contribution in [-0.2, 0) is 17.8 Å². The summed E-state index contributed by atoms with van der Waals surface area (Å²) in [5, 5.41) is 3.27. The summed E-state index contributed by atoms with van der Waals surface area (Å²) in [5.74, 6) is 0.914. The summed E-state index contributed by atoms with van der Waals surface area (Å²) in [4.78, 5) is 21.3. The third-order valence-corrected chi connectivity index (χ3v) is 5.75. The van der Waals surface area contributed by atoms with Gasteiger partial charge in [-0.1, -0.05) is 60.7 Å². The lowest BCUT2D eigenvalue weighted by atomic mass is 10.00. The van der Waals surface area contributed by atoms with Crippen LogP contribution >= 0.6 is 0 Å². The first kappa shape index (κ1) is 19.2. The third kappa shape index (κ3) is 4.50. The highest BCUT2D eigenvalue weighted by molar-refractivity contribution is 5.87. The molecule has 0 aliphatic carbocycles. The standard InChI is InChI=1S/C24H28N4O/c1-25-24(27-14-11-21(12-15-27)19-7-3-2-4-8-19)26-17-23(29)28-16-13-20-9-5-6-10-22(20)18-28/h2-11H,12-18H2,1H3,(H,25,26). The highest BCUT2D eigenvalue weighted by atomic mass is 16.2. The molecule has 5 heteroatoms. The first-order chi connectivity index (χ1) is 14.2. The number of hydrogen-bond acceptors (Lipinski definition) is 2. The van der Waals surface area contributed by atoms with Gasteiger partial charge in [0.2, 0.25) is 5.91 Å². The Hall–Kier alpha value is -3.08. The molecule has 2 aliphatic rings. The molecule has 0 bridgehead atoms. The van der Waals surface area contributed by atoms with Gasteiger partial charge in [0.05, 0.1) is 6.54 Å². The second-order valence-electron chi connectivity index (χ2n) is 7.53. The number of nitrogens with one attached hydrogen (secondary N) is 1. The lowest BCUT2D eigenvalue weighted by molar-refractivity contribution is -0.130. The van der Waals surface area contributed by atoms with Crippen molar-refractivity contribution in [3.63, 3.8) is 0 Å².